The summed E-state index contributed by atoms with van der Waals surface area (Å²) in [6, 6.07) is 19.9. The molecule has 0 bridgehead atoms. The van der Waals surface area contributed by atoms with Gasteiger partial charge in [-0.25, -0.2) is 8.78 Å². The van der Waals surface area contributed by atoms with E-state index in [1.54, 1.807) is 37.4 Å². The molecule has 10 heteroatoms. The number of aromatic nitrogens is 1. The van der Waals surface area contributed by atoms with Gasteiger partial charge in [0.25, 0.3) is 5.91 Å². The van der Waals surface area contributed by atoms with E-state index in [-0.39, 0.29) is 41.8 Å². The highest BCUT2D eigenvalue weighted by Crippen LogP contribution is 2.37. The third-order valence-corrected chi connectivity index (χ3v) is 5.87. The van der Waals surface area contributed by atoms with Gasteiger partial charge in [0.15, 0.2) is 0 Å². The topological polar surface area (TPSA) is 37.3 Å². The summed E-state index contributed by atoms with van der Waals surface area (Å²) < 4.78 is 71.3. The number of hydrogen-bond acceptors (Lipinski definition) is 2. The first-order chi connectivity index (χ1) is 17.6. The number of hydrogen-bond donors (Lipinski definition) is 1. The second-order valence-corrected chi connectivity index (χ2v) is 8.54. The predicted octanol–water partition coefficient (Wildman–Crippen LogP) is 6.72. The van der Waals surface area contributed by atoms with Crippen LogP contribution in [0.4, 0.5) is 22.0 Å². The molecule has 0 unspecified atom stereocenters. The lowest BCUT2D eigenvalue weighted by Gasteiger charge is -2.22. The first-order valence-electron chi connectivity index (χ1n) is 11.5. The summed E-state index contributed by atoms with van der Waals surface area (Å²) in [5, 5.41) is 2.81. The van der Waals surface area contributed by atoms with Crippen molar-refractivity contribution in [3.63, 3.8) is 0 Å². The summed E-state index contributed by atoms with van der Waals surface area (Å²) in [6.45, 7) is 0.921. The number of rotatable bonds is 8. The second-order valence-electron chi connectivity index (χ2n) is 8.54. The van der Waals surface area contributed by atoms with Crippen molar-refractivity contribution in [3.05, 3.63) is 113 Å². The Morgan fingerprint density at radius 1 is 0.921 bits per heavy atom. The Kier molecular flexibility index (Phi) is 9.30. The van der Waals surface area contributed by atoms with E-state index in [1.165, 1.54) is 34.9 Å². The lowest BCUT2D eigenvalue weighted by atomic mass is 10.1. The van der Waals surface area contributed by atoms with Crippen LogP contribution < -0.4 is 5.32 Å². The molecule has 1 aromatic heterocycles. The van der Waals surface area contributed by atoms with E-state index in [9.17, 15) is 26.7 Å². The number of nitrogens with zero attached hydrogens (tertiary/aromatic N) is 2. The highest BCUT2D eigenvalue weighted by molar-refractivity contribution is 5.94. The zero-order valence-electron chi connectivity index (χ0n) is 20.3. The maximum Gasteiger partial charge on any atom is 0.418 e. The number of nitrogens with one attached hydrogen (secondary N) is 1. The van der Waals surface area contributed by atoms with Crippen LogP contribution in [0.5, 0.6) is 0 Å². The molecular formula is C28H25ClF5N3O. The normalized spacial score (nSPS) is 11.3. The quantitative estimate of drug-likeness (QED) is 0.248. The van der Waals surface area contributed by atoms with Crippen molar-refractivity contribution in [1.29, 1.82) is 0 Å². The zero-order chi connectivity index (χ0) is 26.6. The summed E-state index contributed by atoms with van der Waals surface area (Å²) in [7, 11) is 1.76. The molecule has 0 aliphatic carbocycles. The van der Waals surface area contributed by atoms with Gasteiger partial charge in [-0.15, -0.1) is 12.4 Å². The lowest BCUT2D eigenvalue weighted by Crippen LogP contribution is -2.33. The highest BCUT2D eigenvalue weighted by atomic mass is 35.5. The van der Waals surface area contributed by atoms with E-state index in [0.29, 0.717) is 30.4 Å². The van der Waals surface area contributed by atoms with E-state index in [1.807, 2.05) is 11.0 Å². The molecule has 3 aromatic carbocycles. The standard InChI is InChI=1S/C28H24F5N3O.ClH/c1-35(16-15-34-27(37)19-7-3-2-4-8-19)18-21-12-14-25(22-13-11-20(29)17-24(22)30)36(21)26-10-6-5-9-23(26)28(31,32)33;/h2-14,17H,15-16,18H2,1H3,(H,34,37);1H. The number of halogens is 6. The molecule has 0 aliphatic rings. The van der Waals surface area contributed by atoms with E-state index in [4.69, 9.17) is 0 Å². The van der Waals surface area contributed by atoms with Gasteiger partial charge in [0.1, 0.15) is 11.6 Å². The van der Waals surface area contributed by atoms with Crippen LogP contribution in [0.3, 0.4) is 0 Å². The Morgan fingerprint density at radius 2 is 1.61 bits per heavy atom. The summed E-state index contributed by atoms with van der Waals surface area (Å²) >= 11 is 0. The predicted molar refractivity (Wildman–Crippen MR) is 138 cm³/mol. The van der Waals surface area contributed by atoms with Crippen LogP contribution >= 0.6 is 12.4 Å². The molecule has 0 saturated carbocycles. The van der Waals surface area contributed by atoms with Crippen molar-refractivity contribution >= 4 is 18.3 Å². The van der Waals surface area contributed by atoms with E-state index in [0.717, 1.165) is 12.1 Å². The minimum Gasteiger partial charge on any atom is -0.351 e. The number of carbonyl (C=O) groups is 1. The molecule has 4 aromatic rings. The van der Waals surface area contributed by atoms with Crippen LogP contribution in [-0.4, -0.2) is 35.5 Å². The average Bonchev–Trinajstić information content (AvgIpc) is 3.26. The third-order valence-electron chi connectivity index (χ3n) is 5.87. The number of carbonyl (C=O) groups excluding carboxylic acids is 1. The van der Waals surface area contributed by atoms with Crippen molar-refractivity contribution < 1.29 is 26.7 Å². The monoisotopic (exact) mass is 549 g/mol. The Morgan fingerprint density at radius 3 is 2.29 bits per heavy atom. The lowest BCUT2D eigenvalue weighted by molar-refractivity contribution is -0.137. The van der Waals surface area contributed by atoms with Crippen LogP contribution in [0.2, 0.25) is 0 Å². The number of benzene rings is 3. The first-order valence-corrected chi connectivity index (χ1v) is 11.5. The average molecular weight is 550 g/mol. The van der Waals surface area contributed by atoms with Gasteiger partial charge in [0, 0.05) is 42.5 Å². The summed E-state index contributed by atoms with van der Waals surface area (Å²) in [5.41, 5.74) is 0.0759. The molecule has 38 heavy (non-hydrogen) atoms. The summed E-state index contributed by atoms with van der Waals surface area (Å²) in [6.07, 6.45) is -4.65. The minimum absolute atomic E-state index is 0. The second kappa shape index (κ2) is 12.2. The number of alkyl halides is 3. The molecule has 4 nitrogen and oxygen atoms in total. The SMILES string of the molecule is CN(CCNC(=O)c1ccccc1)Cc1ccc(-c2ccc(F)cc2F)n1-c1ccccc1C(F)(F)F.Cl. The zero-order valence-corrected chi connectivity index (χ0v) is 21.1. The van der Waals surface area contributed by atoms with Crippen molar-refractivity contribution in [2.45, 2.75) is 12.7 Å². The van der Waals surface area contributed by atoms with Crippen LogP contribution in [-0.2, 0) is 12.7 Å². The minimum atomic E-state index is -4.65. The molecule has 1 heterocycles. The van der Waals surface area contributed by atoms with Crippen LogP contribution in [0.25, 0.3) is 16.9 Å². The molecule has 0 saturated heterocycles. The fourth-order valence-electron chi connectivity index (χ4n) is 4.11. The van der Waals surface area contributed by atoms with Gasteiger partial charge in [0.05, 0.1) is 16.9 Å². The Bertz CT molecular complexity index is 1390. The number of para-hydroxylation sites is 1. The van der Waals surface area contributed by atoms with Gasteiger partial charge in [0.2, 0.25) is 0 Å². The summed E-state index contributed by atoms with van der Waals surface area (Å²) in [5.74, 6) is -1.90. The number of amides is 1. The Labute approximate surface area is 223 Å². The van der Waals surface area contributed by atoms with Crippen molar-refractivity contribution in [3.8, 4) is 16.9 Å². The number of likely N-dealkylation sites (N-methyl/N-ethyl adjacent to an activating group) is 1. The van der Waals surface area contributed by atoms with Gasteiger partial charge < -0.3 is 9.88 Å². The van der Waals surface area contributed by atoms with Crippen LogP contribution in [0, 0.1) is 11.6 Å². The molecule has 0 fully saturated rings. The molecule has 0 radical (unpaired) electrons. The van der Waals surface area contributed by atoms with E-state index < -0.39 is 23.4 Å². The van der Waals surface area contributed by atoms with Crippen LogP contribution in [0.1, 0.15) is 21.6 Å². The van der Waals surface area contributed by atoms with Crippen molar-refractivity contribution in [2.75, 3.05) is 20.1 Å². The highest BCUT2D eigenvalue weighted by Gasteiger charge is 2.34. The molecule has 200 valence electrons. The van der Waals surface area contributed by atoms with Gasteiger partial charge in [-0.1, -0.05) is 30.3 Å². The maximum absolute atomic E-state index is 14.7. The Hall–Kier alpha value is -3.69. The van der Waals surface area contributed by atoms with E-state index in [2.05, 4.69) is 5.32 Å². The van der Waals surface area contributed by atoms with Gasteiger partial charge in [-0.2, -0.15) is 13.2 Å². The smallest absolute Gasteiger partial charge is 0.351 e. The van der Waals surface area contributed by atoms with Gasteiger partial charge >= 0.3 is 6.18 Å². The van der Waals surface area contributed by atoms with Gasteiger partial charge in [-0.05, 0) is 55.6 Å². The van der Waals surface area contributed by atoms with E-state index >= 15 is 0 Å². The van der Waals surface area contributed by atoms with Crippen molar-refractivity contribution in [1.82, 2.24) is 14.8 Å². The maximum atomic E-state index is 14.7. The third kappa shape index (κ3) is 6.59. The molecule has 0 atom stereocenters. The molecular weight excluding hydrogens is 525 g/mol. The summed E-state index contributed by atoms with van der Waals surface area (Å²) in [4.78, 5) is 14.1. The van der Waals surface area contributed by atoms with Gasteiger partial charge in [-0.3, -0.25) is 9.69 Å². The largest absolute Gasteiger partial charge is 0.418 e. The molecule has 4 rings (SSSR count). The van der Waals surface area contributed by atoms with Crippen LogP contribution in [0.15, 0.2) is 84.9 Å². The fraction of sp³-hybridized carbons (Fsp3) is 0.179. The molecule has 0 spiro atoms. The molecule has 1 amide bonds. The Balaban J connectivity index is 0.00000400. The fourth-order valence-corrected chi connectivity index (χ4v) is 4.11. The molecule has 1 N–H and O–H groups in total. The first kappa shape index (κ1) is 28.9. The van der Waals surface area contributed by atoms with Crippen molar-refractivity contribution in [2.24, 2.45) is 0 Å². The molecule has 0 aliphatic heterocycles.